The van der Waals surface area contributed by atoms with Gasteiger partial charge in [0.25, 0.3) is 0 Å². The van der Waals surface area contributed by atoms with Crippen LogP contribution in [-0.2, 0) is 16.0 Å². The third kappa shape index (κ3) is 4.60. The third-order valence-electron chi connectivity index (χ3n) is 3.32. The second kappa shape index (κ2) is 8.00. The Morgan fingerprint density at radius 2 is 1.75 bits per heavy atom. The minimum Gasteiger partial charge on any atom is -0.382 e. The van der Waals surface area contributed by atoms with Gasteiger partial charge in [0, 0.05) is 20.2 Å². The van der Waals surface area contributed by atoms with Crippen LogP contribution >= 0.6 is 0 Å². The van der Waals surface area contributed by atoms with Gasteiger partial charge in [-0.15, -0.1) is 0 Å². The zero-order valence-corrected chi connectivity index (χ0v) is 12.3. The summed E-state index contributed by atoms with van der Waals surface area (Å²) in [6, 6.07) is 15.1. The standard InChI is InChI=1S/C17H23NO2/c1-18(9-10-20-12-11-19-2)14-15-7-8-16-5-3-4-6-17(16)13-15/h3-8,13H,9-12,14H2,1-2H3. The molecular weight excluding hydrogens is 250 g/mol. The number of likely N-dealkylation sites (N-methyl/N-ethyl adjacent to an activating group) is 1. The molecule has 0 N–H and O–H groups in total. The predicted octanol–water partition coefficient (Wildman–Crippen LogP) is 2.93. The number of rotatable bonds is 8. The summed E-state index contributed by atoms with van der Waals surface area (Å²) in [5, 5.41) is 2.59. The van der Waals surface area contributed by atoms with Crippen LogP contribution in [0.1, 0.15) is 5.56 Å². The van der Waals surface area contributed by atoms with Gasteiger partial charge in [-0.2, -0.15) is 0 Å². The maximum atomic E-state index is 5.49. The molecule has 2 aromatic carbocycles. The van der Waals surface area contributed by atoms with Gasteiger partial charge < -0.3 is 9.47 Å². The van der Waals surface area contributed by atoms with Crippen molar-refractivity contribution in [2.45, 2.75) is 6.54 Å². The summed E-state index contributed by atoms with van der Waals surface area (Å²) < 4.78 is 10.4. The molecule has 108 valence electrons. The van der Waals surface area contributed by atoms with Crippen molar-refractivity contribution >= 4 is 10.8 Å². The lowest BCUT2D eigenvalue weighted by Crippen LogP contribution is -2.23. The normalized spacial score (nSPS) is 11.3. The fourth-order valence-corrected chi connectivity index (χ4v) is 2.19. The van der Waals surface area contributed by atoms with Crippen molar-refractivity contribution in [2.24, 2.45) is 0 Å². The molecule has 2 aromatic rings. The van der Waals surface area contributed by atoms with E-state index in [1.54, 1.807) is 7.11 Å². The van der Waals surface area contributed by atoms with Gasteiger partial charge in [0.05, 0.1) is 19.8 Å². The van der Waals surface area contributed by atoms with Gasteiger partial charge in [0.1, 0.15) is 0 Å². The number of fused-ring (bicyclic) bond motifs is 1. The molecule has 0 saturated carbocycles. The highest BCUT2D eigenvalue weighted by Gasteiger charge is 2.01. The molecule has 0 amide bonds. The van der Waals surface area contributed by atoms with Crippen molar-refractivity contribution in [3.63, 3.8) is 0 Å². The maximum absolute atomic E-state index is 5.49. The zero-order chi connectivity index (χ0) is 14.2. The average molecular weight is 273 g/mol. The Morgan fingerprint density at radius 1 is 0.950 bits per heavy atom. The number of nitrogens with zero attached hydrogens (tertiary/aromatic N) is 1. The smallest absolute Gasteiger partial charge is 0.0700 e. The molecule has 0 aliphatic heterocycles. The number of hydrogen-bond acceptors (Lipinski definition) is 3. The van der Waals surface area contributed by atoms with E-state index < -0.39 is 0 Å². The van der Waals surface area contributed by atoms with E-state index in [-0.39, 0.29) is 0 Å². The molecule has 2 rings (SSSR count). The Morgan fingerprint density at radius 3 is 2.55 bits per heavy atom. The molecule has 3 heteroatoms. The van der Waals surface area contributed by atoms with Crippen LogP contribution in [0.3, 0.4) is 0 Å². The Labute approximate surface area is 121 Å². The maximum Gasteiger partial charge on any atom is 0.0700 e. The largest absolute Gasteiger partial charge is 0.382 e. The highest BCUT2D eigenvalue weighted by Crippen LogP contribution is 2.16. The van der Waals surface area contributed by atoms with Crippen molar-refractivity contribution in [3.8, 4) is 0 Å². The van der Waals surface area contributed by atoms with Gasteiger partial charge >= 0.3 is 0 Å². The minimum atomic E-state index is 0.661. The van der Waals surface area contributed by atoms with E-state index in [2.05, 4.69) is 54.4 Å². The van der Waals surface area contributed by atoms with Crippen LogP contribution in [0, 0.1) is 0 Å². The number of methoxy groups -OCH3 is 1. The van der Waals surface area contributed by atoms with Crippen molar-refractivity contribution in [1.29, 1.82) is 0 Å². The van der Waals surface area contributed by atoms with Gasteiger partial charge in [0.15, 0.2) is 0 Å². The molecule has 0 aliphatic carbocycles. The monoisotopic (exact) mass is 273 g/mol. The molecule has 0 fully saturated rings. The molecule has 0 heterocycles. The Kier molecular flexibility index (Phi) is 5.99. The predicted molar refractivity (Wildman–Crippen MR) is 83.0 cm³/mol. The van der Waals surface area contributed by atoms with Gasteiger partial charge in [-0.25, -0.2) is 0 Å². The molecule has 0 aliphatic rings. The first kappa shape index (κ1) is 15.0. The first-order valence-electron chi connectivity index (χ1n) is 7.02. The highest BCUT2D eigenvalue weighted by molar-refractivity contribution is 5.82. The fourth-order valence-electron chi connectivity index (χ4n) is 2.19. The molecule has 0 spiro atoms. The molecular formula is C17H23NO2. The quantitative estimate of drug-likeness (QED) is 0.690. The van der Waals surface area contributed by atoms with E-state index in [1.165, 1.54) is 16.3 Å². The summed E-state index contributed by atoms with van der Waals surface area (Å²) in [6.07, 6.45) is 0. The van der Waals surface area contributed by atoms with Crippen LogP contribution in [0.25, 0.3) is 10.8 Å². The zero-order valence-electron chi connectivity index (χ0n) is 12.3. The molecule has 3 nitrogen and oxygen atoms in total. The van der Waals surface area contributed by atoms with Crippen LogP contribution in [0.4, 0.5) is 0 Å². The second-order valence-corrected chi connectivity index (χ2v) is 5.02. The Hall–Kier alpha value is -1.42. The van der Waals surface area contributed by atoms with Crippen LogP contribution < -0.4 is 0 Å². The summed E-state index contributed by atoms with van der Waals surface area (Å²) >= 11 is 0. The van der Waals surface area contributed by atoms with E-state index in [0.717, 1.165) is 19.7 Å². The van der Waals surface area contributed by atoms with E-state index in [0.29, 0.717) is 13.2 Å². The van der Waals surface area contributed by atoms with Crippen molar-refractivity contribution in [3.05, 3.63) is 48.0 Å². The van der Waals surface area contributed by atoms with Crippen LogP contribution in [-0.4, -0.2) is 45.4 Å². The Balaban J connectivity index is 1.81. The van der Waals surface area contributed by atoms with Crippen LogP contribution in [0.15, 0.2) is 42.5 Å². The number of ether oxygens (including phenoxy) is 2. The van der Waals surface area contributed by atoms with E-state index in [9.17, 15) is 0 Å². The summed E-state index contributed by atoms with van der Waals surface area (Å²) in [5.74, 6) is 0. The SMILES string of the molecule is COCCOCCN(C)Cc1ccc2ccccc2c1. The highest BCUT2D eigenvalue weighted by atomic mass is 16.5. The first-order chi connectivity index (χ1) is 9.79. The molecule has 0 atom stereocenters. The molecule has 0 saturated heterocycles. The molecule has 20 heavy (non-hydrogen) atoms. The van der Waals surface area contributed by atoms with Crippen molar-refractivity contribution < 1.29 is 9.47 Å². The van der Waals surface area contributed by atoms with E-state index >= 15 is 0 Å². The lowest BCUT2D eigenvalue weighted by atomic mass is 10.1. The second-order valence-electron chi connectivity index (χ2n) is 5.02. The van der Waals surface area contributed by atoms with Crippen LogP contribution in [0.2, 0.25) is 0 Å². The van der Waals surface area contributed by atoms with Gasteiger partial charge in [-0.3, -0.25) is 4.90 Å². The van der Waals surface area contributed by atoms with Gasteiger partial charge in [-0.05, 0) is 29.4 Å². The van der Waals surface area contributed by atoms with Gasteiger partial charge in [-0.1, -0.05) is 36.4 Å². The van der Waals surface area contributed by atoms with Crippen LogP contribution in [0.5, 0.6) is 0 Å². The number of hydrogen-bond donors (Lipinski definition) is 0. The number of benzene rings is 2. The lowest BCUT2D eigenvalue weighted by Gasteiger charge is -2.17. The molecule has 0 radical (unpaired) electrons. The third-order valence-corrected chi connectivity index (χ3v) is 3.32. The summed E-state index contributed by atoms with van der Waals surface area (Å²) in [6.45, 7) is 3.94. The van der Waals surface area contributed by atoms with Gasteiger partial charge in [0.2, 0.25) is 0 Å². The Bertz CT molecular complexity index is 527. The first-order valence-corrected chi connectivity index (χ1v) is 7.02. The topological polar surface area (TPSA) is 21.7 Å². The van der Waals surface area contributed by atoms with Crippen molar-refractivity contribution in [1.82, 2.24) is 4.90 Å². The average Bonchev–Trinajstić information content (AvgIpc) is 2.47. The summed E-state index contributed by atoms with van der Waals surface area (Å²) in [4.78, 5) is 2.27. The summed E-state index contributed by atoms with van der Waals surface area (Å²) in [5.41, 5.74) is 1.34. The minimum absolute atomic E-state index is 0.661. The molecule has 0 bridgehead atoms. The fraction of sp³-hybridized carbons (Fsp3) is 0.412. The van der Waals surface area contributed by atoms with E-state index in [1.807, 2.05) is 0 Å². The van der Waals surface area contributed by atoms with E-state index in [4.69, 9.17) is 9.47 Å². The molecule has 0 aromatic heterocycles. The summed E-state index contributed by atoms with van der Waals surface area (Å²) in [7, 11) is 3.81. The van der Waals surface area contributed by atoms with Crippen molar-refractivity contribution in [2.75, 3.05) is 40.5 Å². The molecule has 0 unspecified atom stereocenters. The lowest BCUT2D eigenvalue weighted by molar-refractivity contribution is 0.0598.